The van der Waals surface area contributed by atoms with E-state index in [1.165, 1.54) is 6.07 Å². The highest BCUT2D eigenvalue weighted by Gasteiger charge is 2.31. The molecule has 0 saturated carbocycles. The Labute approximate surface area is 106 Å². The average molecular weight is 253 g/mol. The minimum Gasteiger partial charge on any atom is -0.373 e. The first-order chi connectivity index (χ1) is 8.40. The SMILES string of the molecule is Cc1cc(=O)n(C(=O)CN2CCNCC2(C)C)o1. The van der Waals surface area contributed by atoms with Gasteiger partial charge in [-0.05, 0) is 20.8 Å². The van der Waals surface area contributed by atoms with E-state index in [-0.39, 0.29) is 18.0 Å². The minimum absolute atomic E-state index is 0.0981. The smallest absolute Gasteiger partial charge is 0.290 e. The molecule has 1 fully saturated rings. The molecule has 6 heteroatoms. The normalized spacial score (nSPS) is 19.9. The number of rotatable bonds is 2. The van der Waals surface area contributed by atoms with Crippen LogP contribution in [-0.2, 0) is 0 Å². The highest BCUT2D eigenvalue weighted by Crippen LogP contribution is 2.15. The van der Waals surface area contributed by atoms with E-state index in [4.69, 9.17) is 4.52 Å². The molecule has 1 saturated heterocycles. The van der Waals surface area contributed by atoms with E-state index < -0.39 is 5.56 Å². The first-order valence-corrected chi connectivity index (χ1v) is 6.09. The van der Waals surface area contributed by atoms with Crippen LogP contribution in [0.15, 0.2) is 15.4 Å². The Hall–Kier alpha value is -1.40. The van der Waals surface area contributed by atoms with Gasteiger partial charge in [-0.1, -0.05) is 0 Å². The van der Waals surface area contributed by atoms with E-state index >= 15 is 0 Å². The monoisotopic (exact) mass is 253 g/mol. The zero-order chi connectivity index (χ0) is 13.3. The van der Waals surface area contributed by atoms with Crippen LogP contribution in [0.3, 0.4) is 0 Å². The number of carbonyl (C=O) groups excluding carboxylic acids is 1. The quantitative estimate of drug-likeness (QED) is 0.808. The van der Waals surface area contributed by atoms with Crippen LogP contribution in [0.4, 0.5) is 0 Å². The molecular weight excluding hydrogens is 234 g/mol. The average Bonchev–Trinajstić information content (AvgIpc) is 2.61. The Balaban J connectivity index is 2.12. The zero-order valence-electron chi connectivity index (χ0n) is 11.0. The fourth-order valence-corrected chi connectivity index (χ4v) is 2.16. The summed E-state index contributed by atoms with van der Waals surface area (Å²) in [5, 5.41) is 3.29. The Morgan fingerprint density at radius 1 is 1.56 bits per heavy atom. The lowest BCUT2D eigenvalue weighted by molar-refractivity contribution is 0.0517. The summed E-state index contributed by atoms with van der Waals surface area (Å²) in [4.78, 5) is 25.6. The lowest BCUT2D eigenvalue weighted by Crippen LogP contribution is -2.59. The van der Waals surface area contributed by atoms with Gasteiger partial charge in [-0.2, -0.15) is 0 Å². The molecule has 1 aromatic rings. The van der Waals surface area contributed by atoms with Crippen molar-refractivity contribution in [3.8, 4) is 0 Å². The first kappa shape index (κ1) is 13.0. The van der Waals surface area contributed by atoms with Crippen LogP contribution in [0.1, 0.15) is 24.4 Å². The topological polar surface area (TPSA) is 67.5 Å². The van der Waals surface area contributed by atoms with Crippen molar-refractivity contribution < 1.29 is 9.32 Å². The molecule has 2 heterocycles. The summed E-state index contributed by atoms with van der Waals surface area (Å²) in [5.74, 6) is 0.135. The van der Waals surface area contributed by atoms with Gasteiger partial charge in [0, 0.05) is 31.2 Å². The van der Waals surface area contributed by atoms with Crippen LogP contribution >= 0.6 is 0 Å². The second kappa shape index (κ2) is 4.70. The van der Waals surface area contributed by atoms with E-state index in [1.54, 1.807) is 6.92 Å². The predicted octanol–water partition coefficient (Wildman–Crippen LogP) is 0.0737. The van der Waals surface area contributed by atoms with Crippen molar-refractivity contribution in [2.45, 2.75) is 26.3 Å². The van der Waals surface area contributed by atoms with E-state index in [2.05, 4.69) is 24.1 Å². The van der Waals surface area contributed by atoms with Gasteiger partial charge in [-0.3, -0.25) is 14.5 Å². The van der Waals surface area contributed by atoms with E-state index in [0.29, 0.717) is 5.76 Å². The lowest BCUT2D eigenvalue weighted by Gasteiger charge is -2.42. The summed E-state index contributed by atoms with van der Waals surface area (Å²) in [6, 6.07) is 1.32. The van der Waals surface area contributed by atoms with Gasteiger partial charge in [-0.15, -0.1) is 4.74 Å². The summed E-state index contributed by atoms with van der Waals surface area (Å²) >= 11 is 0. The molecule has 2 rings (SSSR count). The van der Waals surface area contributed by atoms with Crippen molar-refractivity contribution in [2.24, 2.45) is 0 Å². The molecule has 0 aliphatic carbocycles. The van der Waals surface area contributed by atoms with Gasteiger partial charge in [0.15, 0.2) is 0 Å². The summed E-state index contributed by atoms with van der Waals surface area (Å²) < 4.78 is 5.94. The fraction of sp³-hybridized carbons (Fsp3) is 0.667. The molecule has 1 aromatic heterocycles. The molecule has 0 unspecified atom stereocenters. The fourth-order valence-electron chi connectivity index (χ4n) is 2.16. The minimum atomic E-state index is -0.398. The molecule has 1 aliphatic rings. The van der Waals surface area contributed by atoms with E-state index in [0.717, 1.165) is 24.4 Å². The number of aromatic nitrogens is 1. The van der Waals surface area contributed by atoms with Crippen LogP contribution in [0.5, 0.6) is 0 Å². The molecular formula is C12H19N3O3. The standard InChI is InChI=1S/C12H19N3O3/c1-9-6-10(16)15(18-9)11(17)7-14-5-4-13-8-12(14,2)3/h6,13H,4-5,7-8H2,1-3H3. The van der Waals surface area contributed by atoms with Crippen molar-refractivity contribution in [1.82, 2.24) is 15.0 Å². The van der Waals surface area contributed by atoms with Crippen molar-refractivity contribution in [3.05, 3.63) is 22.2 Å². The van der Waals surface area contributed by atoms with Crippen LogP contribution in [0.2, 0.25) is 0 Å². The van der Waals surface area contributed by atoms with Crippen molar-refractivity contribution in [3.63, 3.8) is 0 Å². The zero-order valence-corrected chi connectivity index (χ0v) is 11.0. The highest BCUT2D eigenvalue weighted by atomic mass is 16.5. The Morgan fingerprint density at radius 3 is 2.83 bits per heavy atom. The summed E-state index contributed by atoms with van der Waals surface area (Å²) in [5.41, 5.74) is -0.496. The lowest BCUT2D eigenvalue weighted by atomic mass is 10.0. The number of carbonyl (C=O) groups is 1. The maximum atomic E-state index is 12.0. The van der Waals surface area contributed by atoms with Crippen LogP contribution in [-0.4, -0.2) is 47.3 Å². The summed E-state index contributed by atoms with van der Waals surface area (Å²) in [6.07, 6.45) is 0. The number of nitrogens with zero attached hydrogens (tertiary/aromatic N) is 2. The van der Waals surface area contributed by atoms with Gasteiger partial charge in [0.25, 0.3) is 11.5 Å². The molecule has 100 valence electrons. The molecule has 0 bridgehead atoms. The van der Waals surface area contributed by atoms with Crippen molar-refractivity contribution in [2.75, 3.05) is 26.2 Å². The maximum absolute atomic E-state index is 12.0. The van der Waals surface area contributed by atoms with Gasteiger partial charge in [0.05, 0.1) is 6.54 Å². The van der Waals surface area contributed by atoms with Gasteiger partial charge in [0.2, 0.25) is 0 Å². The first-order valence-electron chi connectivity index (χ1n) is 6.09. The molecule has 1 aliphatic heterocycles. The molecule has 0 aromatic carbocycles. The molecule has 0 spiro atoms. The number of piperazine rings is 1. The van der Waals surface area contributed by atoms with Gasteiger partial charge < -0.3 is 9.84 Å². The van der Waals surface area contributed by atoms with Gasteiger partial charge in [0.1, 0.15) is 5.76 Å². The van der Waals surface area contributed by atoms with Crippen LogP contribution in [0, 0.1) is 6.92 Å². The third kappa shape index (κ3) is 2.54. The number of nitrogens with one attached hydrogen (secondary N) is 1. The molecule has 0 amide bonds. The molecule has 18 heavy (non-hydrogen) atoms. The van der Waals surface area contributed by atoms with Crippen LogP contribution < -0.4 is 10.9 Å². The number of hydrogen-bond acceptors (Lipinski definition) is 5. The second-order valence-electron chi connectivity index (χ2n) is 5.28. The third-order valence-corrected chi connectivity index (χ3v) is 3.29. The molecule has 0 atom stereocenters. The molecule has 6 nitrogen and oxygen atoms in total. The van der Waals surface area contributed by atoms with Crippen LogP contribution in [0.25, 0.3) is 0 Å². The maximum Gasteiger partial charge on any atom is 0.290 e. The highest BCUT2D eigenvalue weighted by molar-refractivity contribution is 5.79. The predicted molar refractivity (Wildman–Crippen MR) is 66.9 cm³/mol. The van der Waals surface area contributed by atoms with Crippen molar-refractivity contribution in [1.29, 1.82) is 0 Å². The van der Waals surface area contributed by atoms with Crippen molar-refractivity contribution >= 4 is 5.91 Å². The Bertz CT molecular complexity index is 501. The largest absolute Gasteiger partial charge is 0.373 e. The number of hydrogen-bond donors (Lipinski definition) is 1. The Kier molecular flexibility index (Phi) is 3.41. The molecule has 0 radical (unpaired) electrons. The molecule has 1 N–H and O–H groups in total. The summed E-state index contributed by atoms with van der Waals surface area (Å²) in [6.45, 7) is 8.45. The number of aryl methyl sites for hydroxylation is 1. The van der Waals surface area contributed by atoms with E-state index in [9.17, 15) is 9.59 Å². The van der Waals surface area contributed by atoms with Gasteiger partial charge >= 0.3 is 0 Å². The Morgan fingerprint density at radius 2 is 2.28 bits per heavy atom. The van der Waals surface area contributed by atoms with Gasteiger partial charge in [-0.25, -0.2) is 0 Å². The summed E-state index contributed by atoms with van der Waals surface area (Å²) in [7, 11) is 0. The second-order valence-corrected chi connectivity index (χ2v) is 5.28. The van der Waals surface area contributed by atoms with E-state index in [1.807, 2.05) is 0 Å². The third-order valence-electron chi connectivity index (χ3n) is 3.29.